The van der Waals surface area contributed by atoms with Crippen LogP contribution >= 0.6 is 0 Å². The van der Waals surface area contributed by atoms with E-state index in [1.54, 1.807) is 0 Å². The van der Waals surface area contributed by atoms with Crippen LogP contribution in [0.15, 0.2) is 65.2 Å². The van der Waals surface area contributed by atoms with Gasteiger partial charge in [0.15, 0.2) is 0 Å². The van der Waals surface area contributed by atoms with Gasteiger partial charge in [0.1, 0.15) is 18.1 Å². The third-order valence-electron chi connectivity index (χ3n) is 6.20. The number of hydrogen-bond acceptors (Lipinski definition) is 5. The molecule has 3 aromatic carbocycles. The van der Waals surface area contributed by atoms with Gasteiger partial charge in [-0.25, -0.2) is 0 Å². The van der Waals surface area contributed by atoms with Crippen LogP contribution < -0.4 is 4.74 Å². The zero-order valence-electron chi connectivity index (χ0n) is 21.2. The van der Waals surface area contributed by atoms with E-state index >= 15 is 0 Å². The third kappa shape index (κ3) is 5.72. The van der Waals surface area contributed by atoms with Gasteiger partial charge in [-0.05, 0) is 68.9 Å². The quantitative estimate of drug-likeness (QED) is 0.311. The largest absolute Gasteiger partial charge is 0.488 e. The van der Waals surface area contributed by atoms with E-state index in [2.05, 4.69) is 48.4 Å². The molecule has 0 fully saturated rings. The van der Waals surface area contributed by atoms with E-state index < -0.39 is 0 Å². The normalized spacial score (nSPS) is 11.3. The van der Waals surface area contributed by atoms with Gasteiger partial charge >= 0.3 is 0 Å². The second-order valence-corrected chi connectivity index (χ2v) is 9.16. The summed E-state index contributed by atoms with van der Waals surface area (Å²) < 4.78 is 11.5. The number of nitrogens with zero attached hydrogens (tertiary/aromatic N) is 3. The predicted molar refractivity (Wildman–Crippen MR) is 139 cm³/mol. The second kappa shape index (κ2) is 10.7. The summed E-state index contributed by atoms with van der Waals surface area (Å²) in [5.41, 5.74) is 4.60. The molecule has 1 amide bonds. The van der Waals surface area contributed by atoms with Gasteiger partial charge < -0.3 is 19.1 Å². The molecule has 0 aliphatic rings. The minimum Gasteiger partial charge on any atom is -0.488 e. The number of carbonyl (C=O) groups is 1. The summed E-state index contributed by atoms with van der Waals surface area (Å²) in [6.07, 6.45) is 0. The van der Waals surface area contributed by atoms with E-state index in [1.807, 2.05) is 62.1 Å². The van der Waals surface area contributed by atoms with Gasteiger partial charge in [0.2, 0.25) is 0 Å². The average Bonchev–Trinajstić information content (AvgIpc) is 3.17. The molecule has 0 saturated carbocycles. The number of carbonyl (C=O) groups excluding carboxylic acids is 1. The Kier molecular flexibility index (Phi) is 7.51. The van der Waals surface area contributed by atoms with Gasteiger partial charge in [0.25, 0.3) is 5.91 Å². The molecule has 182 valence electrons. The zero-order chi connectivity index (χ0) is 24.9. The maximum atomic E-state index is 13.8. The van der Waals surface area contributed by atoms with E-state index in [9.17, 15) is 4.79 Å². The number of aryl methyl sites for hydroxylation is 2. The van der Waals surface area contributed by atoms with Crippen molar-refractivity contribution in [3.8, 4) is 5.75 Å². The first kappa shape index (κ1) is 24.5. The van der Waals surface area contributed by atoms with Crippen molar-refractivity contribution in [1.82, 2.24) is 15.0 Å². The maximum Gasteiger partial charge on any atom is 0.257 e. The van der Waals surface area contributed by atoms with Crippen molar-refractivity contribution in [3.63, 3.8) is 0 Å². The van der Waals surface area contributed by atoms with Crippen LogP contribution in [0.25, 0.3) is 10.8 Å². The first-order valence-electron chi connectivity index (χ1n) is 11.9. The van der Waals surface area contributed by atoms with Crippen molar-refractivity contribution in [2.24, 2.45) is 0 Å². The maximum absolute atomic E-state index is 13.8. The lowest BCUT2D eigenvalue weighted by Gasteiger charge is -2.23. The van der Waals surface area contributed by atoms with Gasteiger partial charge in [-0.15, -0.1) is 0 Å². The Labute approximate surface area is 207 Å². The molecule has 1 heterocycles. The molecule has 4 aromatic rings. The second-order valence-electron chi connectivity index (χ2n) is 9.16. The molecule has 0 unspecified atom stereocenters. The number of benzene rings is 3. The van der Waals surface area contributed by atoms with Gasteiger partial charge in [0, 0.05) is 19.6 Å². The summed E-state index contributed by atoms with van der Waals surface area (Å²) in [5.74, 6) is 1.24. The van der Waals surface area contributed by atoms with Crippen LogP contribution in [0.5, 0.6) is 5.75 Å². The highest BCUT2D eigenvalue weighted by atomic mass is 16.5. The number of hydrogen-bond donors (Lipinski definition) is 0. The molecule has 6 heteroatoms. The van der Waals surface area contributed by atoms with Crippen LogP contribution in [0.3, 0.4) is 0 Å². The SMILES string of the molecule is CCN(Cc1ccc(CN(C)C)cc1)C(=O)c1cc2ccccc2cc1OCc1c(C)noc1C. The number of aromatic nitrogens is 1. The van der Waals surface area contributed by atoms with E-state index in [1.165, 1.54) is 5.56 Å². The average molecular weight is 472 g/mol. The number of ether oxygens (including phenoxy) is 1. The van der Waals surface area contributed by atoms with E-state index in [4.69, 9.17) is 9.26 Å². The Hall–Kier alpha value is -3.64. The van der Waals surface area contributed by atoms with Crippen LogP contribution in [0.1, 0.15) is 45.4 Å². The zero-order valence-corrected chi connectivity index (χ0v) is 21.2. The van der Waals surface area contributed by atoms with Crippen molar-refractivity contribution >= 4 is 16.7 Å². The molecule has 0 atom stereocenters. The highest BCUT2D eigenvalue weighted by molar-refractivity contribution is 6.01. The van der Waals surface area contributed by atoms with Gasteiger partial charge in [-0.2, -0.15) is 0 Å². The molecule has 0 radical (unpaired) electrons. The standard InChI is InChI=1S/C29H33N3O3/c1-6-32(18-23-13-11-22(12-14-23)17-31(4)5)29(33)26-15-24-9-7-8-10-25(24)16-28(26)34-19-27-20(2)30-35-21(27)3/h7-16H,6,17-19H2,1-5H3. The lowest BCUT2D eigenvalue weighted by molar-refractivity contribution is 0.0748. The molecule has 0 aliphatic heterocycles. The summed E-state index contributed by atoms with van der Waals surface area (Å²) in [6, 6.07) is 20.3. The summed E-state index contributed by atoms with van der Waals surface area (Å²) in [7, 11) is 4.11. The molecule has 35 heavy (non-hydrogen) atoms. The van der Waals surface area contributed by atoms with Gasteiger partial charge in [-0.3, -0.25) is 4.79 Å². The Balaban J connectivity index is 1.61. The molecular weight excluding hydrogens is 438 g/mol. The minimum atomic E-state index is -0.0515. The molecule has 0 spiro atoms. The lowest BCUT2D eigenvalue weighted by Crippen LogP contribution is -2.30. The Morgan fingerprint density at radius 3 is 2.14 bits per heavy atom. The summed E-state index contributed by atoms with van der Waals surface area (Å²) in [4.78, 5) is 17.8. The fourth-order valence-corrected chi connectivity index (χ4v) is 4.20. The van der Waals surface area contributed by atoms with Crippen molar-refractivity contribution in [2.45, 2.75) is 40.5 Å². The highest BCUT2D eigenvalue weighted by Crippen LogP contribution is 2.29. The first-order chi connectivity index (χ1) is 16.9. The smallest absolute Gasteiger partial charge is 0.257 e. The van der Waals surface area contributed by atoms with Crippen molar-refractivity contribution < 1.29 is 14.1 Å². The van der Waals surface area contributed by atoms with Crippen LogP contribution in [0, 0.1) is 13.8 Å². The fourth-order valence-electron chi connectivity index (χ4n) is 4.20. The van der Waals surface area contributed by atoms with Crippen molar-refractivity contribution in [1.29, 1.82) is 0 Å². The van der Waals surface area contributed by atoms with Crippen LogP contribution in [-0.4, -0.2) is 41.5 Å². The molecular formula is C29H33N3O3. The van der Waals surface area contributed by atoms with Gasteiger partial charge in [-0.1, -0.05) is 53.7 Å². The summed E-state index contributed by atoms with van der Waals surface area (Å²) in [5, 5.41) is 6.04. The number of fused-ring (bicyclic) bond motifs is 1. The molecule has 0 bridgehead atoms. The fraction of sp³-hybridized carbons (Fsp3) is 0.310. The number of amides is 1. The summed E-state index contributed by atoms with van der Waals surface area (Å²) >= 11 is 0. The molecule has 4 rings (SSSR count). The first-order valence-corrected chi connectivity index (χ1v) is 11.9. The number of rotatable bonds is 9. The van der Waals surface area contributed by atoms with Crippen molar-refractivity contribution in [3.05, 3.63) is 94.4 Å². The Bertz CT molecular complexity index is 1290. The third-order valence-corrected chi connectivity index (χ3v) is 6.20. The van der Waals surface area contributed by atoms with Crippen molar-refractivity contribution in [2.75, 3.05) is 20.6 Å². The Morgan fingerprint density at radius 1 is 0.943 bits per heavy atom. The Morgan fingerprint density at radius 2 is 1.57 bits per heavy atom. The molecule has 0 N–H and O–H groups in total. The van der Waals surface area contributed by atoms with E-state index in [0.717, 1.165) is 39.9 Å². The minimum absolute atomic E-state index is 0.0515. The van der Waals surface area contributed by atoms with E-state index in [-0.39, 0.29) is 5.91 Å². The lowest BCUT2D eigenvalue weighted by atomic mass is 10.0. The summed E-state index contributed by atoms with van der Waals surface area (Å²) in [6.45, 7) is 8.07. The molecule has 1 aromatic heterocycles. The van der Waals surface area contributed by atoms with Crippen LogP contribution in [0.2, 0.25) is 0 Å². The predicted octanol–water partition coefficient (Wildman–Crippen LogP) is 5.75. The topological polar surface area (TPSA) is 58.8 Å². The van der Waals surface area contributed by atoms with Crippen LogP contribution in [-0.2, 0) is 19.7 Å². The molecule has 0 aliphatic carbocycles. The van der Waals surface area contributed by atoms with Crippen LogP contribution in [0.4, 0.5) is 0 Å². The van der Waals surface area contributed by atoms with Gasteiger partial charge in [0.05, 0.1) is 16.8 Å². The molecule has 6 nitrogen and oxygen atoms in total. The highest BCUT2D eigenvalue weighted by Gasteiger charge is 2.21. The molecule has 0 saturated heterocycles. The van der Waals surface area contributed by atoms with E-state index in [0.29, 0.717) is 31.0 Å². The monoisotopic (exact) mass is 471 g/mol.